The Morgan fingerprint density at radius 2 is 1.50 bits per heavy atom. The zero-order valence-corrected chi connectivity index (χ0v) is 5.66. The lowest BCUT2D eigenvalue weighted by atomic mass is 10.7. The fraction of sp³-hybridized carbons (Fsp3) is 0.667. The molecular weight excluding hydrogens is 136 g/mol. The van der Waals surface area contributed by atoms with Crippen molar-refractivity contribution in [1.82, 2.24) is 0 Å². The van der Waals surface area contributed by atoms with Crippen molar-refractivity contribution in [3.63, 3.8) is 0 Å². The largest absolute Gasteiger partial charge is 0.462 e. The molecule has 0 unspecified atom stereocenters. The van der Waals surface area contributed by atoms with E-state index in [1.807, 2.05) is 0 Å². The average molecular weight is 148 g/mol. The van der Waals surface area contributed by atoms with Gasteiger partial charge in [0.05, 0.1) is 26.4 Å². The monoisotopic (exact) mass is 148 g/mol. The van der Waals surface area contributed by atoms with Crippen molar-refractivity contribution in [1.29, 1.82) is 0 Å². The quantitative estimate of drug-likeness (QED) is 0.351. The predicted molar refractivity (Wildman–Crippen MR) is 35.8 cm³/mol. The summed E-state index contributed by atoms with van der Waals surface area (Å²) in [6, 6.07) is 0. The molecule has 0 atom stereocenters. The van der Waals surface area contributed by atoms with E-state index in [0.717, 1.165) is 0 Å². The van der Waals surface area contributed by atoms with E-state index in [1.54, 1.807) is 0 Å². The molecule has 0 bridgehead atoms. The maximum Gasteiger partial charge on any atom is 0.103 e. The third-order valence-corrected chi connectivity index (χ3v) is 0.471. The molecule has 0 saturated heterocycles. The highest BCUT2D eigenvalue weighted by atomic mass is 16.5. The fourth-order valence-electron chi connectivity index (χ4n) is 0.231. The first kappa shape index (κ1) is 12.0. The lowest BCUT2D eigenvalue weighted by molar-refractivity contribution is 0.0650. The molecule has 0 aromatic heterocycles. The van der Waals surface area contributed by atoms with Gasteiger partial charge in [-0.2, -0.15) is 0 Å². The van der Waals surface area contributed by atoms with Crippen LogP contribution in [0.1, 0.15) is 0 Å². The first-order valence-corrected chi connectivity index (χ1v) is 2.72. The summed E-state index contributed by atoms with van der Waals surface area (Å²) in [5.41, 5.74) is 0. The van der Waals surface area contributed by atoms with Crippen LogP contribution in [-0.2, 0) is 4.74 Å². The maximum absolute atomic E-state index is 8.09. The number of rotatable bonds is 4. The Kier molecular flexibility index (Phi) is 18.8. The molecular formula is C6H12O4. The Bertz CT molecular complexity index is 72.3. The van der Waals surface area contributed by atoms with E-state index in [2.05, 4.69) is 11.2 Å². The topological polar surface area (TPSA) is 69.9 Å². The Morgan fingerprint density at radius 3 is 1.70 bits per heavy atom. The maximum atomic E-state index is 8.09. The molecule has 3 N–H and O–H groups in total. The molecule has 0 rings (SSSR count). The lowest BCUT2D eigenvalue weighted by Crippen LogP contribution is -2.03. The molecule has 4 heteroatoms. The molecule has 0 aromatic carbocycles. The van der Waals surface area contributed by atoms with Crippen molar-refractivity contribution in [2.75, 3.05) is 26.4 Å². The number of ether oxygens (including phenoxy) is 1. The van der Waals surface area contributed by atoms with Crippen LogP contribution in [0.15, 0.2) is 0 Å². The second kappa shape index (κ2) is 15.7. The lowest BCUT2D eigenvalue weighted by Gasteiger charge is -1.94. The summed E-state index contributed by atoms with van der Waals surface area (Å²) < 4.78 is 4.63. The van der Waals surface area contributed by atoms with Gasteiger partial charge in [-0.15, -0.1) is 0 Å². The Labute approximate surface area is 60.1 Å². The van der Waals surface area contributed by atoms with Gasteiger partial charge >= 0.3 is 0 Å². The third kappa shape index (κ3) is 26.9. The minimum atomic E-state index is 0.0278. The van der Waals surface area contributed by atoms with Gasteiger partial charge in [0.15, 0.2) is 0 Å². The molecule has 0 saturated carbocycles. The molecule has 0 aliphatic carbocycles. The van der Waals surface area contributed by atoms with E-state index in [1.165, 1.54) is 6.11 Å². The van der Waals surface area contributed by atoms with E-state index in [4.69, 9.17) is 15.3 Å². The van der Waals surface area contributed by atoms with E-state index >= 15 is 0 Å². The summed E-state index contributed by atoms with van der Waals surface area (Å²) in [5, 5.41) is 23.3. The molecule has 0 heterocycles. The van der Waals surface area contributed by atoms with Gasteiger partial charge in [-0.3, -0.25) is 0 Å². The summed E-state index contributed by atoms with van der Waals surface area (Å²) in [7, 11) is 0. The van der Waals surface area contributed by atoms with Crippen LogP contribution >= 0.6 is 0 Å². The van der Waals surface area contributed by atoms with Crippen LogP contribution < -0.4 is 0 Å². The van der Waals surface area contributed by atoms with Crippen LogP contribution in [0.25, 0.3) is 0 Å². The van der Waals surface area contributed by atoms with Crippen molar-refractivity contribution in [3.05, 3.63) is 0 Å². The zero-order valence-electron chi connectivity index (χ0n) is 5.66. The summed E-state index contributed by atoms with van der Waals surface area (Å²) in [6.45, 7) is 0.696. The molecule has 4 nitrogen and oxygen atoms in total. The molecule has 0 aromatic rings. The second-order valence-electron chi connectivity index (χ2n) is 1.19. The van der Waals surface area contributed by atoms with Crippen LogP contribution in [0.5, 0.6) is 0 Å². The van der Waals surface area contributed by atoms with Gasteiger partial charge < -0.3 is 20.1 Å². The molecule has 0 fully saturated rings. The Balaban J connectivity index is 0. The highest BCUT2D eigenvalue weighted by Gasteiger charge is 1.79. The molecule has 0 radical (unpaired) electrons. The molecule has 0 aliphatic heterocycles. The summed E-state index contributed by atoms with van der Waals surface area (Å²) in [5.74, 6) is 0. The number of terminal acetylenes is 1. The van der Waals surface area contributed by atoms with Gasteiger partial charge in [0, 0.05) is 0 Å². The van der Waals surface area contributed by atoms with Gasteiger partial charge in [0.25, 0.3) is 0 Å². The normalized spacial score (nSPS) is 7.30. The Hall–Kier alpha value is -0.760. The highest BCUT2D eigenvalue weighted by molar-refractivity contribution is 4.61. The van der Waals surface area contributed by atoms with E-state index < -0.39 is 0 Å². The number of hydrogen-bond acceptors (Lipinski definition) is 4. The minimum absolute atomic E-state index is 0.0278. The van der Waals surface area contributed by atoms with E-state index in [0.29, 0.717) is 13.2 Å². The summed E-state index contributed by atoms with van der Waals surface area (Å²) in [6.07, 6.45) is 5.40. The van der Waals surface area contributed by atoms with Crippen LogP contribution in [0, 0.1) is 12.5 Å². The summed E-state index contributed by atoms with van der Waals surface area (Å²) in [4.78, 5) is 0. The van der Waals surface area contributed by atoms with E-state index in [9.17, 15) is 0 Å². The van der Waals surface area contributed by atoms with Crippen LogP contribution in [0.3, 0.4) is 0 Å². The standard InChI is InChI=1S/C4H10O3.C2H2O/c5-1-3-7-4-2-6;1-2-3/h5-6H,1-4H2;1,3H. The molecule has 0 aliphatic rings. The predicted octanol–water partition coefficient (Wildman–Crippen LogP) is -1.06. The van der Waals surface area contributed by atoms with Gasteiger partial charge in [0.2, 0.25) is 0 Å². The van der Waals surface area contributed by atoms with Gasteiger partial charge in [-0.25, -0.2) is 0 Å². The van der Waals surface area contributed by atoms with Crippen LogP contribution in [0.4, 0.5) is 0 Å². The zero-order chi connectivity index (χ0) is 8.24. The minimum Gasteiger partial charge on any atom is -0.462 e. The smallest absolute Gasteiger partial charge is 0.103 e. The first-order valence-electron chi connectivity index (χ1n) is 2.72. The van der Waals surface area contributed by atoms with Crippen molar-refractivity contribution in [3.8, 4) is 12.5 Å². The second-order valence-corrected chi connectivity index (χ2v) is 1.19. The number of hydrogen-bond donors (Lipinski definition) is 3. The molecule has 10 heavy (non-hydrogen) atoms. The van der Waals surface area contributed by atoms with Gasteiger partial charge in [0.1, 0.15) is 6.11 Å². The SMILES string of the molecule is C#CO.OCCOCCO. The van der Waals surface area contributed by atoms with Crippen molar-refractivity contribution >= 4 is 0 Å². The molecule has 0 amide bonds. The van der Waals surface area contributed by atoms with Gasteiger partial charge in [-0.05, 0) is 0 Å². The fourth-order valence-corrected chi connectivity index (χ4v) is 0.231. The van der Waals surface area contributed by atoms with Crippen molar-refractivity contribution in [2.45, 2.75) is 0 Å². The third-order valence-electron chi connectivity index (χ3n) is 0.471. The number of aliphatic hydroxyl groups excluding tert-OH is 3. The van der Waals surface area contributed by atoms with Crippen LogP contribution in [-0.4, -0.2) is 41.7 Å². The van der Waals surface area contributed by atoms with E-state index in [-0.39, 0.29) is 13.2 Å². The summed E-state index contributed by atoms with van der Waals surface area (Å²) >= 11 is 0. The highest BCUT2D eigenvalue weighted by Crippen LogP contribution is 1.68. The van der Waals surface area contributed by atoms with Crippen molar-refractivity contribution < 1.29 is 20.1 Å². The molecule has 60 valence electrons. The van der Waals surface area contributed by atoms with Gasteiger partial charge in [-0.1, -0.05) is 6.42 Å². The van der Waals surface area contributed by atoms with Crippen LogP contribution in [0.2, 0.25) is 0 Å². The average Bonchev–Trinajstić information content (AvgIpc) is 1.91. The first-order chi connectivity index (χ1) is 4.83. The molecule has 0 spiro atoms. The Morgan fingerprint density at radius 1 is 1.20 bits per heavy atom. The van der Waals surface area contributed by atoms with Crippen molar-refractivity contribution in [2.24, 2.45) is 0 Å². The number of aliphatic hydroxyl groups is 3.